The standard InChI is InChI=1S/C8H16ClNO2S/c1-2-5-13(11,12)10-7-8(6-9)3-4-8/h10H,2-7H2,1H3. The minimum absolute atomic E-state index is 0.0718. The third-order valence-corrected chi connectivity index (χ3v) is 4.48. The fraction of sp³-hybridized carbons (Fsp3) is 1.00. The smallest absolute Gasteiger partial charge is 0.211 e. The summed E-state index contributed by atoms with van der Waals surface area (Å²) in [7, 11) is -3.04. The maximum absolute atomic E-state index is 11.3. The highest BCUT2D eigenvalue weighted by atomic mass is 35.5. The molecule has 1 aliphatic rings. The highest BCUT2D eigenvalue weighted by molar-refractivity contribution is 7.89. The summed E-state index contributed by atoms with van der Waals surface area (Å²) in [6, 6.07) is 0. The molecule has 0 aliphatic heterocycles. The van der Waals surface area contributed by atoms with Crippen LogP contribution in [-0.2, 0) is 10.0 Å². The first-order valence-corrected chi connectivity index (χ1v) is 6.76. The molecule has 78 valence electrons. The number of rotatable bonds is 6. The molecule has 1 saturated carbocycles. The first-order chi connectivity index (χ1) is 6.04. The van der Waals surface area contributed by atoms with Gasteiger partial charge in [-0.3, -0.25) is 0 Å². The molecule has 0 atom stereocenters. The van der Waals surface area contributed by atoms with Crippen LogP contribution in [0, 0.1) is 5.41 Å². The van der Waals surface area contributed by atoms with Gasteiger partial charge in [0.1, 0.15) is 0 Å². The second kappa shape index (κ2) is 4.15. The van der Waals surface area contributed by atoms with Crippen molar-refractivity contribution >= 4 is 21.6 Å². The average Bonchev–Trinajstić information content (AvgIpc) is 2.82. The molecule has 3 nitrogen and oxygen atoms in total. The molecule has 1 fully saturated rings. The molecule has 0 radical (unpaired) electrons. The van der Waals surface area contributed by atoms with E-state index >= 15 is 0 Å². The Kier molecular flexibility index (Phi) is 3.60. The highest BCUT2D eigenvalue weighted by Crippen LogP contribution is 2.45. The summed E-state index contributed by atoms with van der Waals surface area (Å²) in [5.74, 6) is 0.771. The molecular formula is C8H16ClNO2S. The predicted molar refractivity (Wildman–Crippen MR) is 54.5 cm³/mol. The quantitative estimate of drug-likeness (QED) is 0.694. The number of hydrogen-bond donors (Lipinski definition) is 1. The number of halogens is 1. The minimum Gasteiger partial charge on any atom is -0.215 e. The van der Waals surface area contributed by atoms with Crippen molar-refractivity contribution in [3.05, 3.63) is 0 Å². The Bertz CT molecular complexity index is 259. The SMILES string of the molecule is CCCS(=O)(=O)NCC1(CCl)CC1. The molecule has 1 N–H and O–H groups in total. The molecule has 1 rings (SSSR count). The molecule has 0 aromatic carbocycles. The lowest BCUT2D eigenvalue weighted by atomic mass is 10.1. The summed E-state index contributed by atoms with van der Waals surface area (Å²) in [4.78, 5) is 0. The molecule has 0 amide bonds. The Morgan fingerprint density at radius 1 is 1.46 bits per heavy atom. The van der Waals surface area contributed by atoms with E-state index in [2.05, 4.69) is 4.72 Å². The molecular weight excluding hydrogens is 210 g/mol. The van der Waals surface area contributed by atoms with Gasteiger partial charge in [-0.25, -0.2) is 13.1 Å². The summed E-state index contributed by atoms with van der Waals surface area (Å²) in [6.07, 6.45) is 2.75. The van der Waals surface area contributed by atoms with Crippen LogP contribution in [-0.4, -0.2) is 26.6 Å². The summed E-state index contributed by atoms with van der Waals surface area (Å²) in [5.41, 5.74) is 0.0718. The van der Waals surface area contributed by atoms with Crippen molar-refractivity contribution in [3.8, 4) is 0 Å². The van der Waals surface area contributed by atoms with Crippen LogP contribution >= 0.6 is 11.6 Å². The number of sulfonamides is 1. The molecule has 0 unspecified atom stereocenters. The van der Waals surface area contributed by atoms with Crippen molar-refractivity contribution in [1.82, 2.24) is 4.72 Å². The van der Waals surface area contributed by atoms with E-state index in [1.54, 1.807) is 0 Å². The van der Waals surface area contributed by atoms with E-state index in [0.29, 0.717) is 18.8 Å². The van der Waals surface area contributed by atoms with Gasteiger partial charge in [-0.15, -0.1) is 11.6 Å². The zero-order chi connectivity index (χ0) is 9.95. The lowest BCUT2D eigenvalue weighted by Crippen LogP contribution is -2.32. The largest absolute Gasteiger partial charge is 0.215 e. The first kappa shape index (κ1) is 11.3. The first-order valence-electron chi connectivity index (χ1n) is 4.57. The van der Waals surface area contributed by atoms with Gasteiger partial charge in [0, 0.05) is 12.4 Å². The van der Waals surface area contributed by atoms with E-state index in [0.717, 1.165) is 12.8 Å². The molecule has 5 heteroatoms. The van der Waals surface area contributed by atoms with Gasteiger partial charge in [-0.1, -0.05) is 6.92 Å². The fourth-order valence-electron chi connectivity index (χ4n) is 1.14. The van der Waals surface area contributed by atoms with Crippen molar-refractivity contribution in [3.63, 3.8) is 0 Å². The Hall–Kier alpha value is 0.200. The molecule has 0 heterocycles. The third kappa shape index (κ3) is 3.44. The van der Waals surface area contributed by atoms with Crippen LogP contribution in [0.2, 0.25) is 0 Å². The Morgan fingerprint density at radius 3 is 2.46 bits per heavy atom. The van der Waals surface area contributed by atoms with Crippen molar-refractivity contribution < 1.29 is 8.42 Å². The lowest BCUT2D eigenvalue weighted by molar-refractivity contribution is 0.534. The van der Waals surface area contributed by atoms with Crippen LogP contribution in [0.1, 0.15) is 26.2 Å². The van der Waals surface area contributed by atoms with E-state index in [9.17, 15) is 8.42 Å². The van der Waals surface area contributed by atoms with Crippen LogP contribution in [0.25, 0.3) is 0 Å². The zero-order valence-corrected chi connectivity index (χ0v) is 9.42. The van der Waals surface area contributed by atoms with Crippen LogP contribution in [0.5, 0.6) is 0 Å². The topological polar surface area (TPSA) is 46.2 Å². The van der Waals surface area contributed by atoms with Crippen molar-refractivity contribution in [1.29, 1.82) is 0 Å². The monoisotopic (exact) mass is 225 g/mol. The number of nitrogens with one attached hydrogen (secondary N) is 1. The zero-order valence-electron chi connectivity index (χ0n) is 7.85. The maximum atomic E-state index is 11.3. The van der Waals surface area contributed by atoms with Gasteiger partial charge >= 0.3 is 0 Å². The highest BCUT2D eigenvalue weighted by Gasteiger charge is 2.42. The minimum atomic E-state index is -3.04. The second-order valence-electron chi connectivity index (χ2n) is 3.77. The van der Waals surface area contributed by atoms with Crippen LogP contribution < -0.4 is 4.72 Å². The van der Waals surface area contributed by atoms with Gasteiger partial charge in [-0.05, 0) is 24.7 Å². The molecule has 13 heavy (non-hydrogen) atoms. The van der Waals surface area contributed by atoms with Crippen LogP contribution in [0.4, 0.5) is 0 Å². The van der Waals surface area contributed by atoms with Gasteiger partial charge in [0.25, 0.3) is 0 Å². The molecule has 1 aliphatic carbocycles. The Balaban J connectivity index is 2.33. The fourth-order valence-corrected chi connectivity index (χ4v) is 2.71. The molecule has 0 aromatic heterocycles. The van der Waals surface area contributed by atoms with Gasteiger partial charge < -0.3 is 0 Å². The van der Waals surface area contributed by atoms with Gasteiger partial charge in [0.15, 0.2) is 0 Å². The molecule has 0 saturated heterocycles. The average molecular weight is 226 g/mol. The van der Waals surface area contributed by atoms with Gasteiger partial charge in [0.05, 0.1) is 5.75 Å². The Morgan fingerprint density at radius 2 is 2.08 bits per heavy atom. The van der Waals surface area contributed by atoms with E-state index in [4.69, 9.17) is 11.6 Å². The number of alkyl halides is 1. The van der Waals surface area contributed by atoms with Gasteiger partial charge in [0.2, 0.25) is 10.0 Å². The second-order valence-corrected chi connectivity index (χ2v) is 5.97. The summed E-state index contributed by atoms with van der Waals surface area (Å²) in [5, 5.41) is 0. The summed E-state index contributed by atoms with van der Waals surface area (Å²) >= 11 is 5.73. The van der Waals surface area contributed by atoms with E-state index in [1.165, 1.54) is 0 Å². The normalized spacial score (nSPS) is 20.2. The third-order valence-electron chi connectivity index (χ3n) is 2.38. The Labute approximate surface area is 84.9 Å². The van der Waals surface area contributed by atoms with Crippen LogP contribution in [0.3, 0.4) is 0 Å². The summed E-state index contributed by atoms with van der Waals surface area (Å²) in [6.45, 7) is 2.37. The molecule has 0 aromatic rings. The molecule has 0 spiro atoms. The van der Waals surface area contributed by atoms with E-state index in [1.807, 2.05) is 6.92 Å². The van der Waals surface area contributed by atoms with Crippen molar-refractivity contribution in [2.75, 3.05) is 18.2 Å². The van der Waals surface area contributed by atoms with Crippen molar-refractivity contribution in [2.24, 2.45) is 5.41 Å². The van der Waals surface area contributed by atoms with Crippen LogP contribution in [0.15, 0.2) is 0 Å². The van der Waals surface area contributed by atoms with E-state index < -0.39 is 10.0 Å². The number of hydrogen-bond acceptors (Lipinski definition) is 2. The molecule has 0 bridgehead atoms. The van der Waals surface area contributed by atoms with Crippen molar-refractivity contribution in [2.45, 2.75) is 26.2 Å². The maximum Gasteiger partial charge on any atom is 0.211 e. The lowest BCUT2D eigenvalue weighted by Gasteiger charge is -2.12. The predicted octanol–water partition coefficient (Wildman–Crippen LogP) is 1.33. The summed E-state index contributed by atoms with van der Waals surface area (Å²) < 4.78 is 25.1. The van der Waals surface area contributed by atoms with E-state index in [-0.39, 0.29) is 11.2 Å². The van der Waals surface area contributed by atoms with Gasteiger partial charge in [-0.2, -0.15) is 0 Å².